The van der Waals surface area contributed by atoms with E-state index in [9.17, 15) is 24.1 Å². The molecule has 0 radical (unpaired) electrons. The van der Waals surface area contributed by atoms with Crippen molar-refractivity contribution >= 4 is 29.1 Å². The normalized spacial score (nSPS) is 10.3. The molecule has 176 valence electrons. The number of urea groups is 2. The number of hydrogen-bond donors (Lipinski definition) is 3. The van der Waals surface area contributed by atoms with Crippen molar-refractivity contribution in [2.75, 3.05) is 23.3 Å². The van der Waals surface area contributed by atoms with Crippen LogP contribution in [-0.2, 0) is 6.54 Å². The quantitative estimate of drug-likeness (QED) is 0.242. The summed E-state index contributed by atoms with van der Waals surface area (Å²) in [5.74, 6) is -0.434. The lowest BCUT2D eigenvalue weighted by molar-refractivity contribution is -0.384. The Balaban J connectivity index is 1.55. The summed E-state index contributed by atoms with van der Waals surface area (Å²) >= 11 is 0. The third-order valence-corrected chi connectivity index (χ3v) is 4.85. The van der Waals surface area contributed by atoms with Gasteiger partial charge in [0.1, 0.15) is 5.82 Å². The molecular formula is C24H24FN5O4. The van der Waals surface area contributed by atoms with Crippen LogP contribution in [-0.4, -0.2) is 30.1 Å². The number of nitrogens with zero attached hydrogens (tertiary/aromatic N) is 2. The maximum absolute atomic E-state index is 13.4. The largest absolute Gasteiger partial charge is 0.338 e. The van der Waals surface area contributed by atoms with Crippen LogP contribution in [0.4, 0.5) is 31.0 Å². The number of nitro benzene ring substituents is 1. The number of carbonyl (C=O) groups excluding carboxylic acids is 2. The summed E-state index contributed by atoms with van der Waals surface area (Å²) in [6.45, 7) is 0.943. The molecule has 0 fully saturated rings. The Bertz CT molecular complexity index is 1110. The van der Waals surface area contributed by atoms with Gasteiger partial charge in [0.25, 0.3) is 5.69 Å². The van der Waals surface area contributed by atoms with Crippen LogP contribution in [0, 0.1) is 15.9 Å². The molecule has 0 atom stereocenters. The van der Waals surface area contributed by atoms with E-state index in [1.165, 1.54) is 53.4 Å². The number of hydrogen-bond acceptors (Lipinski definition) is 4. The van der Waals surface area contributed by atoms with Gasteiger partial charge in [-0.05, 0) is 48.4 Å². The standard InChI is InChI=1S/C24H24FN5O4/c25-19-7-11-21(12-8-19)29(24(32)28-20-9-13-22(14-10-20)30(33)34)16-4-15-26-23(31)27-17-18-5-2-1-3-6-18/h1-3,5-14H,4,15-17H2,(H,28,32)(H2,26,27,31). The molecule has 3 aromatic carbocycles. The molecule has 9 nitrogen and oxygen atoms in total. The number of benzene rings is 3. The third kappa shape index (κ3) is 7.30. The van der Waals surface area contributed by atoms with Gasteiger partial charge in [-0.1, -0.05) is 30.3 Å². The molecule has 0 aliphatic heterocycles. The van der Waals surface area contributed by atoms with Crippen molar-refractivity contribution in [1.29, 1.82) is 0 Å². The van der Waals surface area contributed by atoms with Gasteiger partial charge in [0.05, 0.1) is 4.92 Å². The van der Waals surface area contributed by atoms with Crippen LogP contribution < -0.4 is 20.9 Å². The van der Waals surface area contributed by atoms with Crippen molar-refractivity contribution in [3.05, 3.63) is 100 Å². The van der Waals surface area contributed by atoms with E-state index in [1.54, 1.807) is 0 Å². The number of nitrogens with one attached hydrogen (secondary N) is 3. The number of amides is 4. The second-order valence-electron chi connectivity index (χ2n) is 7.31. The maximum Gasteiger partial charge on any atom is 0.326 e. The number of nitro groups is 1. The van der Waals surface area contributed by atoms with Gasteiger partial charge >= 0.3 is 12.1 Å². The average molecular weight is 465 g/mol. The first kappa shape index (κ1) is 24.2. The molecule has 0 aromatic heterocycles. The summed E-state index contributed by atoms with van der Waals surface area (Å²) in [6.07, 6.45) is 0.434. The predicted molar refractivity (Wildman–Crippen MR) is 127 cm³/mol. The van der Waals surface area contributed by atoms with Crippen molar-refractivity contribution in [2.24, 2.45) is 0 Å². The van der Waals surface area contributed by atoms with E-state index in [1.807, 2.05) is 30.3 Å². The number of carbonyl (C=O) groups is 2. The van der Waals surface area contributed by atoms with Crippen LogP contribution in [0.1, 0.15) is 12.0 Å². The molecule has 3 N–H and O–H groups in total. The van der Waals surface area contributed by atoms with Gasteiger partial charge in [0.2, 0.25) is 0 Å². The summed E-state index contributed by atoms with van der Waals surface area (Å²) < 4.78 is 13.4. The summed E-state index contributed by atoms with van der Waals surface area (Å²) in [6, 6.07) is 19.6. The zero-order chi connectivity index (χ0) is 24.3. The fraction of sp³-hybridized carbons (Fsp3) is 0.167. The van der Waals surface area contributed by atoms with Gasteiger partial charge in [-0.25, -0.2) is 14.0 Å². The minimum absolute atomic E-state index is 0.0926. The zero-order valence-electron chi connectivity index (χ0n) is 18.2. The second kappa shape index (κ2) is 12.0. The fourth-order valence-electron chi connectivity index (χ4n) is 3.11. The van der Waals surface area contributed by atoms with Gasteiger partial charge < -0.3 is 16.0 Å². The average Bonchev–Trinajstić information content (AvgIpc) is 2.84. The van der Waals surface area contributed by atoms with Gasteiger partial charge in [-0.15, -0.1) is 0 Å². The summed E-state index contributed by atoms with van der Waals surface area (Å²) in [7, 11) is 0. The lowest BCUT2D eigenvalue weighted by Crippen LogP contribution is -2.39. The lowest BCUT2D eigenvalue weighted by Gasteiger charge is -2.23. The van der Waals surface area contributed by atoms with Crippen molar-refractivity contribution in [3.8, 4) is 0 Å². The van der Waals surface area contributed by atoms with E-state index >= 15 is 0 Å². The van der Waals surface area contributed by atoms with E-state index in [4.69, 9.17) is 0 Å². The van der Waals surface area contributed by atoms with Gasteiger partial charge in [0.15, 0.2) is 0 Å². The second-order valence-corrected chi connectivity index (χ2v) is 7.31. The number of halogens is 1. The Morgan fingerprint density at radius 3 is 2.24 bits per heavy atom. The van der Waals surface area contributed by atoms with Crippen molar-refractivity contribution in [2.45, 2.75) is 13.0 Å². The maximum atomic E-state index is 13.4. The molecule has 0 bridgehead atoms. The lowest BCUT2D eigenvalue weighted by atomic mass is 10.2. The predicted octanol–water partition coefficient (Wildman–Crippen LogP) is 4.66. The molecule has 3 aromatic rings. The van der Waals surface area contributed by atoms with Gasteiger partial charge in [-0.3, -0.25) is 15.0 Å². The van der Waals surface area contributed by atoms with E-state index < -0.39 is 16.8 Å². The zero-order valence-corrected chi connectivity index (χ0v) is 18.2. The molecule has 0 saturated carbocycles. The SMILES string of the molecule is O=C(NCCCN(C(=O)Nc1ccc([N+](=O)[O-])cc1)c1ccc(F)cc1)NCc1ccccc1. The van der Waals surface area contributed by atoms with Crippen LogP contribution in [0.3, 0.4) is 0 Å². The molecule has 0 spiro atoms. The van der Waals surface area contributed by atoms with Crippen LogP contribution in [0.25, 0.3) is 0 Å². The number of non-ortho nitro benzene ring substituents is 1. The molecule has 0 heterocycles. The first-order valence-electron chi connectivity index (χ1n) is 10.6. The summed E-state index contributed by atoms with van der Waals surface area (Å²) in [5, 5.41) is 19.0. The Kier molecular flexibility index (Phi) is 8.50. The third-order valence-electron chi connectivity index (χ3n) is 4.85. The van der Waals surface area contributed by atoms with E-state index in [0.29, 0.717) is 30.9 Å². The Hall–Kier alpha value is -4.47. The van der Waals surface area contributed by atoms with Crippen molar-refractivity contribution in [1.82, 2.24) is 10.6 Å². The van der Waals surface area contributed by atoms with Crippen LogP contribution in [0.2, 0.25) is 0 Å². The molecule has 0 aliphatic rings. The van der Waals surface area contributed by atoms with Crippen molar-refractivity contribution < 1.29 is 18.9 Å². The topological polar surface area (TPSA) is 117 Å². The smallest absolute Gasteiger partial charge is 0.326 e. The molecule has 3 rings (SSSR count). The van der Waals surface area contributed by atoms with E-state index in [0.717, 1.165) is 5.56 Å². The summed E-state index contributed by atoms with van der Waals surface area (Å²) in [4.78, 5) is 36.6. The molecule has 10 heteroatoms. The molecule has 0 saturated heterocycles. The molecule has 34 heavy (non-hydrogen) atoms. The summed E-state index contributed by atoms with van der Waals surface area (Å²) in [5.41, 5.74) is 1.73. The Morgan fingerprint density at radius 1 is 0.912 bits per heavy atom. The minimum atomic E-state index is -0.528. The number of anilines is 2. The Morgan fingerprint density at radius 2 is 1.59 bits per heavy atom. The monoisotopic (exact) mass is 465 g/mol. The van der Waals surface area contributed by atoms with Crippen LogP contribution in [0.15, 0.2) is 78.9 Å². The van der Waals surface area contributed by atoms with Crippen molar-refractivity contribution in [3.63, 3.8) is 0 Å². The molecule has 0 unspecified atom stereocenters. The molecular weight excluding hydrogens is 441 g/mol. The van der Waals surface area contributed by atoms with E-state index in [-0.39, 0.29) is 18.3 Å². The van der Waals surface area contributed by atoms with Gasteiger partial charge in [0, 0.05) is 43.1 Å². The minimum Gasteiger partial charge on any atom is -0.338 e. The highest BCUT2D eigenvalue weighted by Crippen LogP contribution is 2.19. The highest BCUT2D eigenvalue weighted by molar-refractivity contribution is 6.01. The highest BCUT2D eigenvalue weighted by Gasteiger charge is 2.17. The fourth-order valence-corrected chi connectivity index (χ4v) is 3.11. The van der Waals surface area contributed by atoms with Crippen LogP contribution in [0.5, 0.6) is 0 Å². The highest BCUT2D eigenvalue weighted by atomic mass is 19.1. The first-order chi connectivity index (χ1) is 16.4. The number of rotatable bonds is 9. The Labute approximate surface area is 195 Å². The first-order valence-corrected chi connectivity index (χ1v) is 10.6. The van der Waals surface area contributed by atoms with Crippen LogP contribution >= 0.6 is 0 Å². The molecule has 0 aliphatic carbocycles. The van der Waals surface area contributed by atoms with E-state index in [2.05, 4.69) is 16.0 Å². The van der Waals surface area contributed by atoms with Gasteiger partial charge in [-0.2, -0.15) is 0 Å². The molecule has 4 amide bonds.